The normalized spacial score (nSPS) is 11.6. The Balaban J connectivity index is 2.39. The average molecular weight is 331 g/mol. The summed E-state index contributed by atoms with van der Waals surface area (Å²) in [4.78, 5) is 0. The molecule has 0 fully saturated rings. The molecule has 23 heavy (non-hydrogen) atoms. The summed E-state index contributed by atoms with van der Waals surface area (Å²) in [6.45, 7) is 1.65. The monoisotopic (exact) mass is 331 g/mol. The van der Waals surface area contributed by atoms with E-state index in [2.05, 4.69) is 60.7 Å². The summed E-state index contributed by atoms with van der Waals surface area (Å²) >= 11 is 0. The van der Waals surface area contributed by atoms with Crippen LogP contribution in [0.3, 0.4) is 0 Å². The number of hydrogen-bond acceptors (Lipinski definition) is 2. The van der Waals surface area contributed by atoms with Crippen molar-refractivity contribution in [3.05, 3.63) is 60.7 Å². The second-order valence-electron chi connectivity index (χ2n) is 5.78. The molecule has 0 aromatic heterocycles. The molecule has 0 atom stereocenters. The van der Waals surface area contributed by atoms with Gasteiger partial charge in [-0.3, -0.25) is 0 Å². The van der Waals surface area contributed by atoms with E-state index >= 15 is 0 Å². The Morgan fingerprint density at radius 3 is 1.39 bits per heavy atom. The van der Waals surface area contributed by atoms with Crippen LogP contribution < -0.4 is 10.6 Å². The Morgan fingerprint density at radius 1 is 0.652 bits per heavy atom. The fourth-order valence-corrected chi connectivity index (χ4v) is 7.54. The minimum atomic E-state index is -1.42. The lowest BCUT2D eigenvalue weighted by molar-refractivity contribution is 0.198. The van der Waals surface area contributed by atoms with Gasteiger partial charge in [-0.25, -0.2) is 0 Å². The summed E-state index contributed by atoms with van der Waals surface area (Å²) in [5.41, 5.74) is 0. The standard InChI is InChI=1S/C20H28O2P/c1-21-15-9-17-23(18-10-16-22-2,19-11-5-3-6-12-19)20-13-7-4-8-14-20/h3-8,11-14H,9-10,15-18H2,1-2H3/q+1. The second kappa shape index (κ2) is 9.82. The van der Waals surface area contributed by atoms with Crippen LogP contribution in [0.15, 0.2) is 60.7 Å². The first-order valence-electron chi connectivity index (χ1n) is 8.29. The summed E-state index contributed by atoms with van der Waals surface area (Å²) in [7, 11) is 2.16. The van der Waals surface area contributed by atoms with Gasteiger partial charge in [-0.15, -0.1) is 0 Å². The van der Waals surface area contributed by atoms with Crippen LogP contribution in [0.1, 0.15) is 12.8 Å². The van der Waals surface area contributed by atoms with Gasteiger partial charge < -0.3 is 9.47 Å². The van der Waals surface area contributed by atoms with Crippen LogP contribution >= 0.6 is 7.26 Å². The van der Waals surface area contributed by atoms with E-state index in [4.69, 9.17) is 9.47 Å². The number of benzene rings is 2. The lowest BCUT2D eigenvalue weighted by Crippen LogP contribution is -2.28. The highest BCUT2D eigenvalue weighted by atomic mass is 31.2. The number of methoxy groups -OCH3 is 2. The highest BCUT2D eigenvalue weighted by Gasteiger charge is 2.41. The summed E-state index contributed by atoms with van der Waals surface area (Å²) < 4.78 is 10.7. The molecule has 0 aliphatic heterocycles. The van der Waals surface area contributed by atoms with Crippen LogP contribution in [0.4, 0.5) is 0 Å². The van der Waals surface area contributed by atoms with E-state index < -0.39 is 7.26 Å². The highest BCUT2D eigenvalue weighted by Crippen LogP contribution is 2.57. The zero-order valence-electron chi connectivity index (χ0n) is 14.3. The predicted molar refractivity (Wildman–Crippen MR) is 102 cm³/mol. The van der Waals surface area contributed by atoms with Crippen molar-refractivity contribution in [2.75, 3.05) is 39.8 Å². The molecule has 2 nitrogen and oxygen atoms in total. The van der Waals surface area contributed by atoms with Crippen LogP contribution in [-0.4, -0.2) is 39.8 Å². The minimum absolute atomic E-state index is 0.825. The lowest BCUT2D eigenvalue weighted by atomic mass is 10.4. The molecule has 0 spiro atoms. The van der Waals surface area contributed by atoms with Gasteiger partial charge in [0, 0.05) is 40.3 Å². The molecular formula is C20H28O2P+. The van der Waals surface area contributed by atoms with E-state index in [1.54, 1.807) is 14.2 Å². The van der Waals surface area contributed by atoms with Crippen molar-refractivity contribution < 1.29 is 9.47 Å². The minimum Gasteiger partial charge on any atom is -0.385 e. The fourth-order valence-electron chi connectivity index (χ4n) is 3.16. The zero-order chi connectivity index (χ0) is 16.4. The molecule has 2 aromatic carbocycles. The molecule has 3 heteroatoms. The van der Waals surface area contributed by atoms with Gasteiger partial charge in [0.25, 0.3) is 0 Å². The maximum Gasteiger partial charge on any atom is 0.0991 e. The third-order valence-electron chi connectivity index (χ3n) is 4.28. The second-order valence-corrected chi connectivity index (χ2v) is 9.64. The molecule has 0 aliphatic carbocycles. The van der Waals surface area contributed by atoms with Gasteiger partial charge in [0.05, 0.1) is 30.2 Å². The molecule has 0 saturated carbocycles. The van der Waals surface area contributed by atoms with Crippen molar-refractivity contribution in [3.8, 4) is 0 Å². The van der Waals surface area contributed by atoms with Crippen LogP contribution in [0, 0.1) is 0 Å². The molecule has 0 N–H and O–H groups in total. The number of hydrogen-bond donors (Lipinski definition) is 0. The van der Waals surface area contributed by atoms with E-state index in [0.29, 0.717) is 0 Å². The van der Waals surface area contributed by atoms with Crippen LogP contribution in [0.25, 0.3) is 0 Å². The first-order valence-corrected chi connectivity index (χ1v) is 10.5. The summed E-state index contributed by atoms with van der Waals surface area (Å²) in [5.74, 6) is 0. The van der Waals surface area contributed by atoms with Crippen molar-refractivity contribution in [1.82, 2.24) is 0 Å². The van der Waals surface area contributed by atoms with Gasteiger partial charge in [-0.1, -0.05) is 36.4 Å². The molecular weight excluding hydrogens is 303 g/mol. The molecule has 2 aromatic rings. The van der Waals surface area contributed by atoms with Gasteiger partial charge in [0.15, 0.2) is 0 Å². The highest BCUT2D eigenvalue weighted by molar-refractivity contribution is 7.89. The quantitative estimate of drug-likeness (QED) is 0.488. The molecule has 0 unspecified atom stereocenters. The smallest absolute Gasteiger partial charge is 0.0991 e. The topological polar surface area (TPSA) is 18.5 Å². The van der Waals surface area contributed by atoms with E-state index in [1.165, 1.54) is 22.9 Å². The van der Waals surface area contributed by atoms with Crippen LogP contribution in [0.5, 0.6) is 0 Å². The van der Waals surface area contributed by atoms with Gasteiger partial charge in [-0.05, 0) is 24.3 Å². The van der Waals surface area contributed by atoms with Crippen molar-refractivity contribution >= 4 is 17.9 Å². The zero-order valence-corrected chi connectivity index (χ0v) is 15.2. The largest absolute Gasteiger partial charge is 0.385 e. The van der Waals surface area contributed by atoms with Crippen molar-refractivity contribution in [1.29, 1.82) is 0 Å². The molecule has 0 radical (unpaired) electrons. The fraction of sp³-hybridized carbons (Fsp3) is 0.400. The Bertz CT molecular complexity index is 491. The maximum absolute atomic E-state index is 5.33. The Morgan fingerprint density at radius 2 is 1.04 bits per heavy atom. The van der Waals surface area contributed by atoms with Crippen molar-refractivity contribution in [2.24, 2.45) is 0 Å². The van der Waals surface area contributed by atoms with E-state index in [-0.39, 0.29) is 0 Å². The Hall–Kier alpha value is -1.21. The molecule has 124 valence electrons. The Labute approximate surface area is 141 Å². The summed E-state index contributed by atoms with van der Waals surface area (Å²) in [5, 5.41) is 3.00. The number of rotatable bonds is 10. The third kappa shape index (κ3) is 4.88. The summed E-state index contributed by atoms with van der Waals surface area (Å²) in [6.07, 6.45) is 4.58. The van der Waals surface area contributed by atoms with Crippen molar-refractivity contribution in [3.63, 3.8) is 0 Å². The van der Waals surface area contributed by atoms with Gasteiger partial charge in [0.2, 0.25) is 0 Å². The first kappa shape index (κ1) is 18.1. The lowest BCUT2D eigenvalue weighted by Gasteiger charge is -2.27. The average Bonchev–Trinajstić information content (AvgIpc) is 2.62. The predicted octanol–water partition coefficient (Wildman–Crippen LogP) is 3.73. The molecule has 0 heterocycles. The van der Waals surface area contributed by atoms with Crippen LogP contribution in [0.2, 0.25) is 0 Å². The van der Waals surface area contributed by atoms with Crippen molar-refractivity contribution in [2.45, 2.75) is 12.8 Å². The molecule has 2 rings (SSSR count). The van der Waals surface area contributed by atoms with Crippen LogP contribution in [-0.2, 0) is 9.47 Å². The Kier molecular flexibility index (Phi) is 7.74. The van der Waals surface area contributed by atoms with Gasteiger partial charge >= 0.3 is 0 Å². The van der Waals surface area contributed by atoms with E-state index in [1.807, 2.05) is 0 Å². The molecule has 0 saturated heterocycles. The van der Waals surface area contributed by atoms with Gasteiger partial charge in [0.1, 0.15) is 0 Å². The first-order chi connectivity index (χ1) is 11.3. The van der Waals surface area contributed by atoms with Gasteiger partial charge in [-0.2, -0.15) is 0 Å². The summed E-state index contributed by atoms with van der Waals surface area (Å²) in [6, 6.07) is 22.1. The number of ether oxygens (including phenoxy) is 2. The third-order valence-corrected chi connectivity index (χ3v) is 9.01. The SMILES string of the molecule is COCCC[P+](CCCOC)(c1ccccc1)c1ccccc1. The van der Waals surface area contributed by atoms with E-state index in [0.717, 1.165) is 26.1 Å². The molecule has 0 aliphatic rings. The molecule has 0 amide bonds. The van der Waals surface area contributed by atoms with E-state index in [9.17, 15) is 0 Å². The molecule has 0 bridgehead atoms. The maximum atomic E-state index is 5.33.